The molecule has 5 rings (SSSR count). The van der Waals surface area contributed by atoms with E-state index in [2.05, 4.69) is 5.32 Å². The average molecular weight is 457 g/mol. The number of rotatable bonds is 6. The maximum atomic E-state index is 11.9. The van der Waals surface area contributed by atoms with E-state index >= 15 is 0 Å². The number of fused-ring (bicyclic) bond motifs is 2. The highest BCUT2D eigenvalue weighted by Crippen LogP contribution is 2.33. The van der Waals surface area contributed by atoms with E-state index in [1.165, 1.54) is 0 Å². The van der Waals surface area contributed by atoms with Crippen molar-refractivity contribution in [2.45, 2.75) is 26.3 Å². The standard InChI is InChI=1S/C24H24BN5O4/c1-14-11-18-17(22(26)31)7-3-9-20(18)30(14)24-28-19-8-4-10-34-21(19)23(29-24)27-13-15-5-2-6-16(12-15)25(32)33/h2-3,5-7,9,11-12,32-33H,4,8,10,13H2,1H3,(H2,26,31)(H,27,28,29). The zero-order valence-corrected chi connectivity index (χ0v) is 18.7. The van der Waals surface area contributed by atoms with Gasteiger partial charge in [-0.1, -0.05) is 30.3 Å². The van der Waals surface area contributed by atoms with E-state index in [1.807, 2.05) is 29.7 Å². The van der Waals surface area contributed by atoms with Crippen LogP contribution >= 0.6 is 0 Å². The van der Waals surface area contributed by atoms with Gasteiger partial charge in [0.15, 0.2) is 11.6 Å². The SMILES string of the molecule is Cc1cc2c(C(N)=O)cccc2n1-c1nc2c(c(NCc3cccc(B(O)O)c3)n1)OCCC2. The second-order valence-corrected chi connectivity index (χ2v) is 8.30. The second kappa shape index (κ2) is 8.81. The maximum absolute atomic E-state index is 11.9. The molecule has 0 saturated carbocycles. The van der Waals surface area contributed by atoms with Gasteiger partial charge >= 0.3 is 7.12 Å². The van der Waals surface area contributed by atoms with Gasteiger partial charge in [0.05, 0.1) is 17.8 Å². The Morgan fingerprint density at radius 2 is 2.03 bits per heavy atom. The van der Waals surface area contributed by atoms with Crippen LogP contribution < -0.4 is 21.3 Å². The molecule has 2 aromatic heterocycles. The fraction of sp³-hybridized carbons (Fsp3) is 0.208. The van der Waals surface area contributed by atoms with E-state index in [1.54, 1.807) is 30.3 Å². The van der Waals surface area contributed by atoms with Gasteiger partial charge in [0.25, 0.3) is 0 Å². The van der Waals surface area contributed by atoms with Gasteiger partial charge in [0.2, 0.25) is 11.9 Å². The molecule has 0 radical (unpaired) electrons. The van der Waals surface area contributed by atoms with Gasteiger partial charge in [0, 0.05) is 23.2 Å². The molecule has 2 aromatic carbocycles. The Kier molecular flexibility index (Phi) is 5.68. The first-order valence-corrected chi connectivity index (χ1v) is 11.1. The van der Waals surface area contributed by atoms with Crippen molar-refractivity contribution < 1.29 is 19.6 Å². The van der Waals surface area contributed by atoms with Gasteiger partial charge < -0.3 is 25.8 Å². The summed E-state index contributed by atoms with van der Waals surface area (Å²) in [6.07, 6.45) is 1.62. The third-order valence-electron chi connectivity index (χ3n) is 5.93. The molecule has 0 fully saturated rings. The van der Waals surface area contributed by atoms with Crippen LogP contribution in [0.4, 0.5) is 5.82 Å². The first kappa shape index (κ1) is 21.9. The molecule has 3 heterocycles. The summed E-state index contributed by atoms with van der Waals surface area (Å²) < 4.78 is 7.82. The van der Waals surface area contributed by atoms with Gasteiger partial charge in [-0.3, -0.25) is 9.36 Å². The molecule has 0 bridgehead atoms. The summed E-state index contributed by atoms with van der Waals surface area (Å²) in [7, 11) is -1.53. The van der Waals surface area contributed by atoms with Gasteiger partial charge in [-0.2, -0.15) is 4.98 Å². The van der Waals surface area contributed by atoms with Crippen molar-refractivity contribution in [2.24, 2.45) is 5.73 Å². The lowest BCUT2D eigenvalue weighted by Gasteiger charge is -2.21. The van der Waals surface area contributed by atoms with E-state index in [-0.39, 0.29) is 0 Å². The van der Waals surface area contributed by atoms with Crippen LogP contribution in [0.5, 0.6) is 5.75 Å². The average Bonchev–Trinajstić information content (AvgIpc) is 3.18. The molecule has 0 unspecified atom stereocenters. The molecule has 10 heteroatoms. The van der Waals surface area contributed by atoms with Gasteiger partial charge in [-0.05, 0) is 49.0 Å². The van der Waals surface area contributed by atoms with Crippen LogP contribution in [-0.2, 0) is 13.0 Å². The number of hydrogen-bond acceptors (Lipinski definition) is 7. The first-order chi connectivity index (χ1) is 16.4. The Labute approximate surface area is 196 Å². The fourth-order valence-corrected chi connectivity index (χ4v) is 4.33. The van der Waals surface area contributed by atoms with Crippen LogP contribution in [0, 0.1) is 6.92 Å². The molecule has 34 heavy (non-hydrogen) atoms. The van der Waals surface area contributed by atoms with E-state index in [0.717, 1.165) is 40.7 Å². The van der Waals surface area contributed by atoms with E-state index < -0.39 is 13.0 Å². The first-order valence-electron chi connectivity index (χ1n) is 11.1. The van der Waals surface area contributed by atoms with Crippen LogP contribution in [0.25, 0.3) is 16.9 Å². The highest BCUT2D eigenvalue weighted by atomic mass is 16.5. The third kappa shape index (κ3) is 3.97. The van der Waals surface area contributed by atoms with Crippen LogP contribution in [0.1, 0.15) is 33.7 Å². The van der Waals surface area contributed by atoms with Crippen molar-refractivity contribution in [3.8, 4) is 11.7 Å². The number of nitrogens with zero attached hydrogens (tertiary/aromatic N) is 3. The molecule has 5 N–H and O–H groups in total. The molecular weight excluding hydrogens is 433 g/mol. The Morgan fingerprint density at radius 3 is 2.82 bits per heavy atom. The summed E-state index contributed by atoms with van der Waals surface area (Å²) >= 11 is 0. The third-order valence-corrected chi connectivity index (χ3v) is 5.93. The number of aryl methyl sites for hydroxylation is 2. The van der Waals surface area contributed by atoms with Crippen LogP contribution in [-0.4, -0.2) is 44.2 Å². The van der Waals surface area contributed by atoms with Crippen LogP contribution in [0.2, 0.25) is 0 Å². The van der Waals surface area contributed by atoms with Crippen molar-refractivity contribution in [1.82, 2.24) is 14.5 Å². The molecule has 172 valence electrons. The van der Waals surface area contributed by atoms with E-state index in [0.29, 0.717) is 41.7 Å². The number of carbonyl (C=O) groups is 1. The minimum absolute atomic E-state index is 0.407. The molecule has 1 amide bonds. The number of carbonyl (C=O) groups excluding carboxylic acids is 1. The lowest BCUT2D eigenvalue weighted by molar-refractivity contribution is 0.100. The molecule has 0 atom stereocenters. The lowest BCUT2D eigenvalue weighted by Crippen LogP contribution is -2.30. The maximum Gasteiger partial charge on any atom is 0.488 e. The molecule has 0 spiro atoms. The summed E-state index contributed by atoms with van der Waals surface area (Å²) in [6.45, 7) is 2.93. The molecule has 1 aliphatic heterocycles. The minimum atomic E-state index is -1.53. The van der Waals surface area contributed by atoms with Gasteiger partial charge in [0.1, 0.15) is 0 Å². The predicted molar refractivity (Wildman–Crippen MR) is 130 cm³/mol. The zero-order chi connectivity index (χ0) is 23.8. The summed E-state index contributed by atoms with van der Waals surface area (Å²) in [4.78, 5) is 21.5. The van der Waals surface area contributed by atoms with Crippen molar-refractivity contribution in [1.29, 1.82) is 0 Å². The molecule has 0 aliphatic carbocycles. The Hall–Kier alpha value is -3.89. The van der Waals surface area contributed by atoms with E-state index in [4.69, 9.17) is 20.4 Å². The Balaban J connectivity index is 1.57. The molecule has 4 aromatic rings. The summed E-state index contributed by atoms with van der Waals surface area (Å²) in [5.41, 5.74) is 9.79. The largest absolute Gasteiger partial charge is 0.488 e. The predicted octanol–water partition coefficient (Wildman–Crippen LogP) is 1.44. The molecule has 0 saturated heterocycles. The number of benzene rings is 2. The number of hydrogen-bond donors (Lipinski definition) is 4. The van der Waals surface area contributed by atoms with Crippen molar-refractivity contribution in [3.63, 3.8) is 0 Å². The van der Waals surface area contributed by atoms with Crippen molar-refractivity contribution in [3.05, 3.63) is 71.0 Å². The van der Waals surface area contributed by atoms with Crippen LogP contribution in [0.15, 0.2) is 48.5 Å². The lowest BCUT2D eigenvalue weighted by atomic mass is 9.80. The number of aromatic nitrogens is 3. The number of primary amides is 1. The number of nitrogens with one attached hydrogen (secondary N) is 1. The number of nitrogens with two attached hydrogens (primary N) is 1. The summed E-state index contributed by atoms with van der Waals surface area (Å²) in [5, 5.41) is 23.0. The monoisotopic (exact) mass is 457 g/mol. The smallest absolute Gasteiger partial charge is 0.488 e. The molecule has 9 nitrogen and oxygen atoms in total. The number of amides is 1. The molecule has 1 aliphatic rings. The normalized spacial score (nSPS) is 12.8. The number of anilines is 1. The Morgan fingerprint density at radius 1 is 1.21 bits per heavy atom. The summed E-state index contributed by atoms with van der Waals surface area (Å²) in [6, 6.07) is 14.4. The minimum Gasteiger partial charge on any atom is -0.488 e. The number of ether oxygens (including phenoxy) is 1. The van der Waals surface area contributed by atoms with Crippen LogP contribution in [0.3, 0.4) is 0 Å². The van der Waals surface area contributed by atoms with Crippen molar-refractivity contribution in [2.75, 3.05) is 11.9 Å². The summed E-state index contributed by atoms with van der Waals surface area (Å²) in [5.74, 6) is 1.17. The van der Waals surface area contributed by atoms with E-state index in [9.17, 15) is 14.8 Å². The van der Waals surface area contributed by atoms with Crippen molar-refractivity contribution >= 4 is 35.2 Å². The topological polar surface area (TPSA) is 136 Å². The highest BCUT2D eigenvalue weighted by molar-refractivity contribution is 6.58. The highest BCUT2D eigenvalue weighted by Gasteiger charge is 2.22. The zero-order valence-electron chi connectivity index (χ0n) is 18.7. The second-order valence-electron chi connectivity index (χ2n) is 8.30. The quantitative estimate of drug-likeness (QED) is 0.322. The van der Waals surface area contributed by atoms with Gasteiger partial charge in [-0.25, -0.2) is 4.98 Å². The fourth-order valence-electron chi connectivity index (χ4n) is 4.33. The Bertz CT molecular complexity index is 1400. The van der Waals surface area contributed by atoms with Gasteiger partial charge in [-0.15, -0.1) is 0 Å². The molecular formula is C24H24BN5O4.